The molecule has 80 valence electrons. The third-order valence-corrected chi connectivity index (χ3v) is 2.46. The normalized spacial score (nSPS) is 20.1. The number of nitrogens with one attached hydrogen (secondary N) is 1. The van der Waals surface area contributed by atoms with Gasteiger partial charge in [-0.05, 0) is 25.1 Å². The van der Waals surface area contributed by atoms with E-state index >= 15 is 0 Å². The molecule has 0 bridgehead atoms. The molecule has 4 heteroatoms. The summed E-state index contributed by atoms with van der Waals surface area (Å²) in [5, 5.41) is 3.20. The number of amides is 1. The van der Waals surface area contributed by atoms with Gasteiger partial charge in [-0.25, -0.2) is 0 Å². The standard InChI is InChI=1S/C11H14N2O2/c12-11(14)9-3-1-2-4-10(9)15-8-5-6-13-7-8/h1-4,8,13H,5-7H2,(H2,12,14). The first kappa shape index (κ1) is 9.98. The van der Waals surface area contributed by atoms with E-state index in [-0.39, 0.29) is 6.10 Å². The van der Waals surface area contributed by atoms with Gasteiger partial charge >= 0.3 is 0 Å². The Balaban J connectivity index is 2.15. The van der Waals surface area contributed by atoms with E-state index in [0.717, 1.165) is 19.5 Å². The van der Waals surface area contributed by atoms with Crippen LogP contribution in [0.15, 0.2) is 24.3 Å². The Kier molecular flexibility index (Phi) is 2.87. The van der Waals surface area contributed by atoms with E-state index in [0.29, 0.717) is 11.3 Å². The molecule has 0 radical (unpaired) electrons. The second-order valence-corrected chi connectivity index (χ2v) is 3.59. The zero-order chi connectivity index (χ0) is 10.7. The van der Waals surface area contributed by atoms with Gasteiger partial charge in [0.1, 0.15) is 11.9 Å². The van der Waals surface area contributed by atoms with Crippen LogP contribution in [0.1, 0.15) is 16.8 Å². The van der Waals surface area contributed by atoms with Gasteiger partial charge in [0.05, 0.1) is 5.56 Å². The van der Waals surface area contributed by atoms with Gasteiger partial charge < -0.3 is 15.8 Å². The van der Waals surface area contributed by atoms with Crippen LogP contribution in [-0.4, -0.2) is 25.1 Å². The summed E-state index contributed by atoms with van der Waals surface area (Å²) in [6, 6.07) is 7.07. The summed E-state index contributed by atoms with van der Waals surface area (Å²) >= 11 is 0. The number of ether oxygens (including phenoxy) is 1. The molecule has 1 amide bonds. The fourth-order valence-corrected chi connectivity index (χ4v) is 1.68. The van der Waals surface area contributed by atoms with E-state index < -0.39 is 5.91 Å². The first-order valence-electron chi connectivity index (χ1n) is 5.03. The highest BCUT2D eigenvalue weighted by molar-refractivity contribution is 5.95. The Morgan fingerprint density at radius 2 is 2.27 bits per heavy atom. The van der Waals surface area contributed by atoms with Gasteiger partial charge in [-0.15, -0.1) is 0 Å². The second-order valence-electron chi connectivity index (χ2n) is 3.59. The molecule has 1 atom stereocenters. The minimum absolute atomic E-state index is 0.144. The maximum Gasteiger partial charge on any atom is 0.252 e. The lowest BCUT2D eigenvalue weighted by Gasteiger charge is -2.14. The van der Waals surface area contributed by atoms with E-state index in [1.54, 1.807) is 18.2 Å². The minimum atomic E-state index is -0.448. The van der Waals surface area contributed by atoms with Crippen LogP contribution in [0.3, 0.4) is 0 Å². The fourth-order valence-electron chi connectivity index (χ4n) is 1.68. The third-order valence-electron chi connectivity index (χ3n) is 2.46. The van der Waals surface area contributed by atoms with Gasteiger partial charge in [0.2, 0.25) is 0 Å². The highest BCUT2D eigenvalue weighted by Gasteiger charge is 2.18. The second kappa shape index (κ2) is 4.31. The molecule has 2 rings (SSSR count). The Bertz CT molecular complexity index is 359. The van der Waals surface area contributed by atoms with E-state index in [2.05, 4.69) is 5.32 Å². The van der Waals surface area contributed by atoms with Gasteiger partial charge in [0.15, 0.2) is 0 Å². The molecule has 15 heavy (non-hydrogen) atoms. The van der Waals surface area contributed by atoms with Crippen LogP contribution < -0.4 is 15.8 Å². The summed E-state index contributed by atoms with van der Waals surface area (Å²) in [6.07, 6.45) is 1.11. The maximum absolute atomic E-state index is 11.1. The van der Waals surface area contributed by atoms with Gasteiger partial charge in [-0.2, -0.15) is 0 Å². The molecular formula is C11H14N2O2. The SMILES string of the molecule is NC(=O)c1ccccc1OC1CCNC1. The number of rotatable bonds is 3. The Morgan fingerprint density at radius 3 is 2.93 bits per heavy atom. The third kappa shape index (κ3) is 2.27. The summed E-state index contributed by atoms with van der Waals surface area (Å²) in [4.78, 5) is 11.1. The smallest absolute Gasteiger partial charge is 0.252 e. The first-order valence-corrected chi connectivity index (χ1v) is 5.03. The number of carbonyl (C=O) groups excluding carboxylic acids is 1. The van der Waals surface area contributed by atoms with Gasteiger partial charge in [-0.1, -0.05) is 12.1 Å². The van der Waals surface area contributed by atoms with Crippen molar-refractivity contribution in [1.29, 1.82) is 0 Å². The topological polar surface area (TPSA) is 64.4 Å². The van der Waals surface area contributed by atoms with Crippen molar-refractivity contribution in [1.82, 2.24) is 5.32 Å². The minimum Gasteiger partial charge on any atom is -0.488 e. The first-order chi connectivity index (χ1) is 7.27. The van der Waals surface area contributed by atoms with Crippen LogP contribution in [0.5, 0.6) is 5.75 Å². The molecule has 4 nitrogen and oxygen atoms in total. The van der Waals surface area contributed by atoms with Crippen LogP contribution in [0.2, 0.25) is 0 Å². The molecule has 1 fully saturated rings. The van der Waals surface area contributed by atoms with Crippen LogP contribution in [-0.2, 0) is 0 Å². The number of hydrogen-bond acceptors (Lipinski definition) is 3. The van der Waals surface area contributed by atoms with Crippen molar-refractivity contribution >= 4 is 5.91 Å². The van der Waals surface area contributed by atoms with Crippen LogP contribution in [0, 0.1) is 0 Å². The molecular weight excluding hydrogens is 192 g/mol. The summed E-state index contributed by atoms with van der Waals surface area (Å²) < 4.78 is 5.70. The predicted octanol–water partition coefficient (Wildman–Crippen LogP) is 0.526. The Labute approximate surface area is 88.4 Å². The molecule has 1 unspecified atom stereocenters. The quantitative estimate of drug-likeness (QED) is 0.758. The summed E-state index contributed by atoms with van der Waals surface area (Å²) in [7, 11) is 0. The molecule has 1 saturated heterocycles. The largest absolute Gasteiger partial charge is 0.488 e. The molecule has 1 heterocycles. The molecule has 0 spiro atoms. The lowest BCUT2D eigenvalue weighted by molar-refractivity contribution is 0.0994. The molecule has 0 saturated carbocycles. The molecule has 1 aromatic rings. The Hall–Kier alpha value is -1.55. The summed E-state index contributed by atoms with van der Waals surface area (Å²) in [6.45, 7) is 1.79. The number of primary amides is 1. The van der Waals surface area contributed by atoms with Crippen molar-refractivity contribution < 1.29 is 9.53 Å². The van der Waals surface area contributed by atoms with Crippen LogP contribution in [0.25, 0.3) is 0 Å². The van der Waals surface area contributed by atoms with Crippen molar-refractivity contribution in [3.8, 4) is 5.75 Å². The number of para-hydroxylation sites is 1. The number of hydrogen-bond donors (Lipinski definition) is 2. The summed E-state index contributed by atoms with van der Waals surface area (Å²) in [5.41, 5.74) is 5.70. The van der Waals surface area contributed by atoms with E-state index in [4.69, 9.17) is 10.5 Å². The van der Waals surface area contributed by atoms with Gasteiger partial charge in [0, 0.05) is 6.54 Å². The fraction of sp³-hybridized carbons (Fsp3) is 0.364. The number of benzene rings is 1. The monoisotopic (exact) mass is 206 g/mol. The van der Waals surface area contributed by atoms with Crippen LogP contribution >= 0.6 is 0 Å². The predicted molar refractivity (Wildman–Crippen MR) is 56.9 cm³/mol. The molecule has 3 N–H and O–H groups in total. The zero-order valence-corrected chi connectivity index (χ0v) is 8.40. The van der Waals surface area contributed by atoms with E-state index in [1.807, 2.05) is 6.07 Å². The van der Waals surface area contributed by atoms with E-state index in [9.17, 15) is 4.79 Å². The lowest BCUT2D eigenvalue weighted by Crippen LogP contribution is -2.21. The van der Waals surface area contributed by atoms with Crippen LogP contribution in [0.4, 0.5) is 0 Å². The molecule has 1 aliphatic heterocycles. The molecule has 0 aliphatic carbocycles. The van der Waals surface area contributed by atoms with Crippen molar-refractivity contribution in [3.63, 3.8) is 0 Å². The molecule has 1 aliphatic rings. The highest BCUT2D eigenvalue weighted by Crippen LogP contribution is 2.20. The van der Waals surface area contributed by atoms with Crippen molar-refractivity contribution in [3.05, 3.63) is 29.8 Å². The van der Waals surface area contributed by atoms with Crippen molar-refractivity contribution in [2.75, 3.05) is 13.1 Å². The van der Waals surface area contributed by atoms with Gasteiger partial charge in [-0.3, -0.25) is 4.79 Å². The average Bonchev–Trinajstić information content (AvgIpc) is 2.71. The van der Waals surface area contributed by atoms with E-state index in [1.165, 1.54) is 0 Å². The van der Waals surface area contributed by atoms with Crippen molar-refractivity contribution in [2.45, 2.75) is 12.5 Å². The molecule has 1 aromatic carbocycles. The highest BCUT2D eigenvalue weighted by atomic mass is 16.5. The maximum atomic E-state index is 11.1. The number of nitrogens with two attached hydrogens (primary N) is 1. The Morgan fingerprint density at radius 1 is 1.47 bits per heavy atom. The van der Waals surface area contributed by atoms with Gasteiger partial charge in [0.25, 0.3) is 5.91 Å². The molecule has 0 aromatic heterocycles. The summed E-state index contributed by atoms with van der Waals surface area (Å²) in [5.74, 6) is 0.134. The lowest BCUT2D eigenvalue weighted by atomic mass is 10.2. The zero-order valence-electron chi connectivity index (χ0n) is 8.40. The van der Waals surface area contributed by atoms with Crippen molar-refractivity contribution in [2.24, 2.45) is 5.73 Å². The average molecular weight is 206 g/mol. The number of carbonyl (C=O) groups is 1.